The van der Waals surface area contributed by atoms with E-state index in [0.717, 1.165) is 0 Å². The molecule has 1 aromatic heterocycles. The number of aliphatic carboxylic acids is 2. The van der Waals surface area contributed by atoms with E-state index in [1.165, 1.54) is 12.5 Å². The van der Waals surface area contributed by atoms with Gasteiger partial charge in [-0.1, -0.05) is 0 Å². The Morgan fingerprint density at radius 1 is 0.914 bits per heavy atom. The van der Waals surface area contributed by atoms with Crippen LogP contribution in [0.2, 0.25) is 0 Å². The van der Waals surface area contributed by atoms with Gasteiger partial charge in [0.25, 0.3) is 0 Å². The molecule has 16 heteroatoms. The van der Waals surface area contributed by atoms with Crippen LogP contribution in [0.25, 0.3) is 0 Å². The van der Waals surface area contributed by atoms with Crippen molar-refractivity contribution in [1.29, 1.82) is 0 Å². The predicted molar refractivity (Wildman–Crippen MR) is 116 cm³/mol. The van der Waals surface area contributed by atoms with Gasteiger partial charge >= 0.3 is 11.9 Å². The third-order valence-electron chi connectivity index (χ3n) is 4.72. The Balaban J connectivity index is 3.07. The monoisotopic (exact) mass is 499 g/mol. The normalized spacial score (nSPS) is 14.1. The second-order valence-corrected chi connectivity index (χ2v) is 7.53. The van der Waals surface area contributed by atoms with Crippen LogP contribution in [0.3, 0.4) is 0 Å². The van der Waals surface area contributed by atoms with Crippen molar-refractivity contribution in [3.63, 3.8) is 0 Å². The summed E-state index contributed by atoms with van der Waals surface area (Å²) in [6.07, 6.45) is 1.01. The molecule has 4 atom stereocenters. The van der Waals surface area contributed by atoms with Crippen molar-refractivity contribution in [3.8, 4) is 0 Å². The summed E-state index contributed by atoms with van der Waals surface area (Å²) in [5, 5.41) is 34.1. The molecule has 0 saturated heterocycles. The van der Waals surface area contributed by atoms with Crippen molar-refractivity contribution in [2.45, 2.75) is 56.3 Å². The van der Waals surface area contributed by atoms with E-state index in [9.17, 15) is 33.9 Å². The summed E-state index contributed by atoms with van der Waals surface area (Å²) < 4.78 is 0. The average Bonchev–Trinajstić information content (AvgIpc) is 3.30. The van der Waals surface area contributed by atoms with Crippen molar-refractivity contribution in [2.24, 2.45) is 11.5 Å². The molecule has 0 saturated carbocycles. The van der Waals surface area contributed by atoms with E-state index in [0.29, 0.717) is 5.69 Å². The highest BCUT2D eigenvalue weighted by Crippen LogP contribution is 2.05. The number of H-pyrrole nitrogens is 1. The lowest BCUT2D eigenvalue weighted by molar-refractivity contribution is -0.142. The highest BCUT2D eigenvalue weighted by molar-refractivity contribution is 5.94. The Kier molecular flexibility index (Phi) is 11.8. The molecule has 4 amide bonds. The Morgan fingerprint density at radius 2 is 1.49 bits per heavy atom. The number of carboxylic acid groups (broad SMARTS) is 2. The fraction of sp³-hybridized carbons (Fsp3) is 0.526. The summed E-state index contributed by atoms with van der Waals surface area (Å²) in [6.45, 7) is -0.730. The van der Waals surface area contributed by atoms with Crippen molar-refractivity contribution in [1.82, 2.24) is 25.9 Å². The summed E-state index contributed by atoms with van der Waals surface area (Å²) in [5.41, 5.74) is 10.8. The predicted octanol–water partition coefficient (Wildman–Crippen LogP) is -4.06. The molecule has 0 fully saturated rings. The molecule has 35 heavy (non-hydrogen) atoms. The lowest BCUT2D eigenvalue weighted by atomic mass is 10.1. The average molecular weight is 499 g/mol. The van der Waals surface area contributed by atoms with Crippen LogP contribution in [0.15, 0.2) is 12.5 Å². The summed E-state index contributed by atoms with van der Waals surface area (Å²) in [7, 11) is 0. The van der Waals surface area contributed by atoms with Crippen LogP contribution in [-0.2, 0) is 35.2 Å². The molecule has 0 aliphatic carbocycles. The minimum Gasteiger partial charge on any atom is -0.481 e. The first-order valence-corrected chi connectivity index (χ1v) is 10.4. The van der Waals surface area contributed by atoms with E-state index >= 15 is 0 Å². The van der Waals surface area contributed by atoms with E-state index < -0.39 is 72.8 Å². The number of carboxylic acids is 2. The Labute approximate surface area is 198 Å². The maximum Gasteiger partial charge on any atom is 0.326 e. The molecule has 11 N–H and O–H groups in total. The van der Waals surface area contributed by atoms with Crippen LogP contribution in [0.4, 0.5) is 0 Å². The zero-order valence-corrected chi connectivity index (χ0v) is 18.6. The minimum absolute atomic E-state index is 0.171. The van der Waals surface area contributed by atoms with Gasteiger partial charge in [-0.15, -0.1) is 0 Å². The van der Waals surface area contributed by atoms with Gasteiger partial charge in [-0.3, -0.25) is 24.0 Å². The summed E-state index contributed by atoms with van der Waals surface area (Å²) in [6, 6.07) is -5.67. The number of rotatable bonds is 16. The van der Waals surface area contributed by atoms with Gasteiger partial charge in [0.1, 0.15) is 24.2 Å². The van der Waals surface area contributed by atoms with Gasteiger partial charge in [0.2, 0.25) is 23.6 Å². The number of aliphatic hydroxyl groups is 1. The fourth-order valence-electron chi connectivity index (χ4n) is 2.81. The maximum absolute atomic E-state index is 12.9. The molecular weight excluding hydrogens is 470 g/mol. The zero-order chi connectivity index (χ0) is 26.5. The Morgan fingerprint density at radius 3 is 2.00 bits per heavy atom. The number of amides is 4. The lowest BCUT2D eigenvalue weighted by Gasteiger charge is -2.24. The smallest absolute Gasteiger partial charge is 0.326 e. The number of aromatic amines is 1. The van der Waals surface area contributed by atoms with Crippen LogP contribution >= 0.6 is 0 Å². The van der Waals surface area contributed by atoms with Crippen LogP contribution in [0.1, 0.15) is 31.4 Å². The summed E-state index contributed by atoms with van der Waals surface area (Å²) >= 11 is 0. The second kappa shape index (κ2) is 14.3. The molecule has 0 bridgehead atoms. The Hall–Kier alpha value is -4.05. The van der Waals surface area contributed by atoms with Crippen LogP contribution in [0.5, 0.6) is 0 Å². The molecule has 194 valence electrons. The quantitative estimate of drug-likeness (QED) is 0.105. The maximum atomic E-state index is 12.9. The number of hydrogen-bond donors (Lipinski definition) is 9. The molecule has 0 aromatic carbocycles. The molecule has 4 unspecified atom stereocenters. The van der Waals surface area contributed by atoms with Gasteiger partial charge in [0, 0.05) is 31.2 Å². The SMILES string of the molecule is NC(=O)CCC(NC(=O)C(Cc1cnc[nH]1)NC(=O)C(CCC(=O)O)NC(=O)C(N)CO)C(=O)O. The molecular formula is C19H29N7O9. The van der Waals surface area contributed by atoms with Crippen molar-refractivity contribution in [3.05, 3.63) is 18.2 Å². The third-order valence-corrected chi connectivity index (χ3v) is 4.72. The van der Waals surface area contributed by atoms with E-state index in [2.05, 4.69) is 25.9 Å². The highest BCUT2D eigenvalue weighted by atomic mass is 16.4. The van der Waals surface area contributed by atoms with Crippen molar-refractivity contribution < 1.29 is 44.1 Å². The number of carbonyl (C=O) groups excluding carboxylic acids is 4. The van der Waals surface area contributed by atoms with Gasteiger partial charge in [-0.05, 0) is 12.8 Å². The molecule has 1 heterocycles. The van der Waals surface area contributed by atoms with E-state index in [4.69, 9.17) is 21.7 Å². The third kappa shape index (κ3) is 10.6. The number of aliphatic hydroxyl groups excluding tert-OH is 1. The standard InChI is InChI=1S/C19H29N7O9/c20-10(7-27)16(31)24-11(2-4-15(29)30)17(32)26-13(5-9-6-22-8-23-9)18(33)25-12(19(34)35)1-3-14(21)28/h6,8,10-13,27H,1-5,7,20H2,(H2,21,28)(H,22,23)(H,24,31)(H,25,33)(H,26,32)(H,29,30)(H,34,35). The number of primary amides is 1. The van der Waals surface area contributed by atoms with Gasteiger partial charge in [-0.25, -0.2) is 9.78 Å². The molecule has 1 aromatic rings. The number of nitrogens with zero attached hydrogens (tertiary/aromatic N) is 1. The van der Waals surface area contributed by atoms with Gasteiger partial charge in [0.05, 0.1) is 12.9 Å². The highest BCUT2D eigenvalue weighted by Gasteiger charge is 2.31. The summed E-state index contributed by atoms with van der Waals surface area (Å²) in [4.78, 5) is 77.7. The molecule has 16 nitrogen and oxygen atoms in total. The number of imidazole rings is 1. The summed E-state index contributed by atoms with van der Waals surface area (Å²) in [5.74, 6) is -6.27. The minimum atomic E-state index is -1.48. The first-order chi connectivity index (χ1) is 16.4. The van der Waals surface area contributed by atoms with Crippen molar-refractivity contribution in [2.75, 3.05) is 6.61 Å². The molecule has 0 spiro atoms. The number of aromatic nitrogens is 2. The number of nitrogens with one attached hydrogen (secondary N) is 4. The number of nitrogens with two attached hydrogens (primary N) is 2. The molecule has 0 aliphatic heterocycles. The lowest BCUT2D eigenvalue weighted by Crippen LogP contribution is -2.58. The van der Waals surface area contributed by atoms with Gasteiger partial charge < -0.3 is 47.7 Å². The van der Waals surface area contributed by atoms with E-state index in [1.54, 1.807) is 0 Å². The zero-order valence-electron chi connectivity index (χ0n) is 18.6. The molecule has 0 aliphatic rings. The topological polar surface area (TPSA) is 280 Å². The van der Waals surface area contributed by atoms with Crippen LogP contribution in [-0.4, -0.2) is 91.6 Å². The van der Waals surface area contributed by atoms with Gasteiger partial charge in [0.15, 0.2) is 0 Å². The molecule has 0 radical (unpaired) electrons. The van der Waals surface area contributed by atoms with Gasteiger partial charge in [-0.2, -0.15) is 0 Å². The molecule has 1 rings (SSSR count). The first-order valence-electron chi connectivity index (χ1n) is 10.4. The van der Waals surface area contributed by atoms with E-state index in [-0.39, 0.29) is 25.7 Å². The first kappa shape index (κ1) is 29.0. The largest absolute Gasteiger partial charge is 0.481 e. The number of carbonyl (C=O) groups is 6. The fourth-order valence-corrected chi connectivity index (χ4v) is 2.81. The van der Waals surface area contributed by atoms with Crippen LogP contribution < -0.4 is 27.4 Å². The second-order valence-electron chi connectivity index (χ2n) is 7.53. The van der Waals surface area contributed by atoms with E-state index in [1.807, 2.05) is 0 Å². The Bertz CT molecular complexity index is 906. The van der Waals surface area contributed by atoms with Crippen molar-refractivity contribution >= 4 is 35.6 Å². The number of hydrogen-bond acceptors (Lipinski definition) is 9. The van der Waals surface area contributed by atoms with Crippen LogP contribution in [0, 0.1) is 0 Å².